The normalized spacial score (nSPS) is 22.2. The van der Waals surface area contributed by atoms with Crippen molar-refractivity contribution in [1.29, 1.82) is 0 Å². The summed E-state index contributed by atoms with van der Waals surface area (Å²) in [6.45, 7) is 2.00. The molecule has 1 aliphatic heterocycles. The Balaban J connectivity index is 1.67. The van der Waals surface area contributed by atoms with Crippen LogP contribution in [-0.4, -0.2) is 30.4 Å². The Kier molecular flexibility index (Phi) is 4.34. The van der Waals surface area contributed by atoms with Crippen molar-refractivity contribution in [3.63, 3.8) is 0 Å². The van der Waals surface area contributed by atoms with Gasteiger partial charge in [0.05, 0.1) is 19.3 Å². The van der Waals surface area contributed by atoms with Crippen LogP contribution in [0.15, 0.2) is 30.3 Å². The SMILES string of the molecule is O[C@H](COCc1ccccc1)C1CCCN1. The highest BCUT2D eigenvalue weighted by atomic mass is 16.5. The van der Waals surface area contributed by atoms with Crippen LogP contribution in [0, 0.1) is 0 Å². The minimum atomic E-state index is -0.383. The molecule has 1 saturated heterocycles. The predicted molar refractivity (Wildman–Crippen MR) is 63.1 cm³/mol. The van der Waals surface area contributed by atoms with Gasteiger partial charge in [0.2, 0.25) is 0 Å². The van der Waals surface area contributed by atoms with E-state index in [9.17, 15) is 5.11 Å². The zero-order valence-corrected chi connectivity index (χ0v) is 9.43. The van der Waals surface area contributed by atoms with Gasteiger partial charge in [0.25, 0.3) is 0 Å². The smallest absolute Gasteiger partial charge is 0.0926 e. The first-order valence-electron chi connectivity index (χ1n) is 5.89. The summed E-state index contributed by atoms with van der Waals surface area (Å²) in [5, 5.41) is 13.1. The van der Waals surface area contributed by atoms with Crippen molar-refractivity contribution in [2.75, 3.05) is 13.2 Å². The first-order chi connectivity index (χ1) is 7.86. The van der Waals surface area contributed by atoms with E-state index in [1.165, 1.54) is 0 Å². The highest BCUT2D eigenvalue weighted by Gasteiger charge is 2.22. The maximum Gasteiger partial charge on any atom is 0.0926 e. The topological polar surface area (TPSA) is 41.5 Å². The van der Waals surface area contributed by atoms with Gasteiger partial charge in [0, 0.05) is 6.04 Å². The molecule has 2 N–H and O–H groups in total. The molecule has 0 spiro atoms. The van der Waals surface area contributed by atoms with Crippen LogP contribution in [0.1, 0.15) is 18.4 Å². The van der Waals surface area contributed by atoms with Crippen molar-refractivity contribution < 1.29 is 9.84 Å². The van der Waals surface area contributed by atoms with E-state index in [-0.39, 0.29) is 12.1 Å². The largest absolute Gasteiger partial charge is 0.389 e. The van der Waals surface area contributed by atoms with Crippen molar-refractivity contribution >= 4 is 0 Å². The Labute approximate surface area is 96.4 Å². The summed E-state index contributed by atoms with van der Waals surface area (Å²) >= 11 is 0. The highest BCUT2D eigenvalue weighted by molar-refractivity contribution is 5.13. The lowest BCUT2D eigenvalue weighted by molar-refractivity contribution is 0.0126. The van der Waals surface area contributed by atoms with Crippen molar-refractivity contribution in [3.8, 4) is 0 Å². The van der Waals surface area contributed by atoms with Crippen LogP contribution in [-0.2, 0) is 11.3 Å². The van der Waals surface area contributed by atoms with Gasteiger partial charge in [-0.1, -0.05) is 30.3 Å². The first kappa shape index (κ1) is 11.6. The van der Waals surface area contributed by atoms with Gasteiger partial charge in [0.1, 0.15) is 0 Å². The van der Waals surface area contributed by atoms with Crippen LogP contribution in [0.3, 0.4) is 0 Å². The third kappa shape index (κ3) is 3.30. The summed E-state index contributed by atoms with van der Waals surface area (Å²) in [7, 11) is 0. The molecule has 0 aliphatic carbocycles. The fourth-order valence-corrected chi connectivity index (χ4v) is 2.03. The van der Waals surface area contributed by atoms with E-state index in [1.807, 2.05) is 30.3 Å². The molecule has 3 heteroatoms. The summed E-state index contributed by atoms with van der Waals surface area (Å²) in [6.07, 6.45) is 1.82. The quantitative estimate of drug-likeness (QED) is 0.788. The first-order valence-corrected chi connectivity index (χ1v) is 5.89. The molecule has 0 saturated carbocycles. The molecule has 0 radical (unpaired) electrons. The van der Waals surface area contributed by atoms with Crippen LogP contribution in [0.25, 0.3) is 0 Å². The average Bonchev–Trinajstić information content (AvgIpc) is 2.84. The van der Waals surface area contributed by atoms with Gasteiger partial charge in [0.15, 0.2) is 0 Å². The van der Waals surface area contributed by atoms with E-state index >= 15 is 0 Å². The molecule has 0 bridgehead atoms. The molecule has 1 aromatic rings. The van der Waals surface area contributed by atoms with Crippen LogP contribution in [0.5, 0.6) is 0 Å². The van der Waals surface area contributed by atoms with Crippen LogP contribution in [0.4, 0.5) is 0 Å². The van der Waals surface area contributed by atoms with Crippen LogP contribution in [0.2, 0.25) is 0 Å². The molecule has 2 rings (SSSR count). The molecule has 2 atom stereocenters. The number of benzene rings is 1. The van der Waals surface area contributed by atoms with Crippen molar-refractivity contribution in [2.45, 2.75) is 31.6 Å². The van der Waals surface area contributed by atoms with Gasteiger partial charge < -0.3 is 15.2 Å². The van der Waals surface area contributed by atoms with E-state index in [2.05, 4.69) is 5.32 Å². The van der Waals surface area contributed by atoms with Crippen molar-refractivity contribution in [3.05, 3.63) is 35.9 Å². The molecule has 3 nitrogen and oxygen atoms in total. The second-order valence-corrected chi connectivity index (χ2v) is 4.27. The van der Waals surface area contributed by atoms with Crippen LogP contribution >= 0.6 is 0 Å². The molecule has 1 aromatic carbocycles. The predicted octanol–water partition coefficient (Wildman–Crippen LogP) is 1.32. The summed E-state index contributed by atoms with van der Waals surface area (Å²) in [5.41, 5.74) is 1.15. The van der Waals surface area contributed by atoms with E-state index in [4.69, 9.17) is 4.74 Å². The number of aliphatic hydroxyl groups excluding tert-OH is 1. The summed E-state index contributed by atoms with van der Waals surface area (Å²) in [4.78, 5) is 0. The van der Waals surface area contributed by atoms with Gasteiger partial charge in [-0.2, -0.15) is 0 Å². The lowest BCUT2D eigenvalue weighted by Gasteiger charge is -2.18. The van der Waals surface area contributed by atoms with Gasteiger partial charge in [-0.15, -0.1) is 0 Å². The van der Waals surface area contributed by atoms with Gasteiger partial charge in [-0.25, -0.2) is 0 Å². The molecule has 88 valence electrons. The molecular formula is C13H19NO2. The molecule has 1 fully saturated rings. The van der Waals surface area contributed by atoms with E-state index < -0.39 is 0 Å². The Morgan fingerprint density at radius 2 is 2.19 bits per heavy atom. The van der Waals surface area contributed by atoms with E-state index in [0.717, 1.165) is 24.9 Å². The minimum Gasteiger partial charge on any atom is -0.389 e. The van der Waals surface area contributed by atoms with Crippen molar-refractivity contribution in [1.82, 2.24) is 5.32 Å². The van der Waals surface area contributed by atoms with Gasteiger partial charge >= 0.3 is 0 Å². The number of rotatable bonds is 5. The minimum absolute atomic E-state index is 0.218. The average molecular weight is 221 g/mol. The number of hydrogen-bond acceptors (Lipinski definition) is 3. The van der Waals surface area contributed by atoms with E-state index in [1.54, 1.807) is 0 Å². The molecular weight excluding hydrogens is 202 g/mol. The Hall–Kier alpha value is -0.900. The third-order valence-electron chi connectivity index (χ3n) is 2.96. The second-order valence-electron chi connectivity index (χ2n) is 4.27. The van der Waals surface area contributed by atoms with Crippen LogP contribution < -0.4 is 5.32 Å². The lowest BCUT2D eigenvalue weighted by Crippen LogP contribution is -2.37. The maximum absolute atomic E-state index is 9.84. The fraction of sp³-hybridized carbons (Fsp3) is 0.538. The number of aliphatic hydroxyl groups is 1. The lowest BCUT2D eigenvalue weighted by atomic mass is 10.1. The second kappa shape index (κ2) is 5.99. The Morgan fingerprint density at radius 1 is 1.38 bits per heavy atom. The van der Waals surface area contributed by atoms with Gasteiger partial charge in [-0.05, 0) is 24.9 Å². The molecule has 1 aliphatic rings. The van der Waals surface area contributed by atoms with Gasteiger partial charge in [-0.3, -0.25) is 0 Å². The molecule has 1 unspecified atom stereocenters. The Bertz CT molecular complexity index is 296. The molecule has 0 aromatic heterocycles. The summed E-state index contributed by atoms with van der Waals surface area (Å²) < 4.78 is 5.50. The third-order valence-corrected chi connectivity index (χ3v) is 2.96. The summed E-state index contributed by atoms with van der Waals surface area (Å²) in [6, 6.07) is 10.2. The summed E-state index contributed by atoms with van der Waals surface area (Å²) in [5.74, 6) is 0. The standard InChI is InChI=1S/C13H19NO2/c15-13(12-7-4-8-14-12)10-16-9-11-5-2-1-3-6-11/h1-3,5-6,12-15H,4,7-10H2/t12?,13-/m1/s1. The molecule has 16 heavy (non-hydrogen) atoms. The zero-order valence-electron chi connectivity index (χ0n) is 9.43. The zero-order chi connectivity index (χ0) is 11.2. The fourth-order valence-electron chi connectivity index (χ4n) is 2.03. The number of nitrogens with one attached hydrogen (secondary N) is 1. The highest BCUT2D eigenvalue weighted by Crippen LogP contribution is 2.10. The Morgan fingerprint density at radius 3 is 2.88 bits per heavy atom. The number of ether oxygens (including phenoxy) is 1. The van der Waals surface area contributed by atoms with E-state index in [0.29, 0.717) is 13.2 Å². The number of hydrogen-bond donors (Lipinski definition) is 2. The molecule has 0 amide bonds. The maximum atomic E-state index is 9.84. The van der Waals surface area contributed by atoms with Crippen molar-refractivity contribution in [2.24, 2.45) is 0 Å². The molecule has 1 heterocycles. The monoisotopic (exact) mass is 221 g/mol.